The maximum Gasteiger partial charge on any atom is 0.209 e. The molecule has 6 heteroatoms. The molecule has 0 amide bonds. The van der Waals surface area contributed by atoms with Crippen molar-refractivity contribution >= 4 is 10.0 Å². The molecule has 1 aliphatic heterocycles. The third-order valence-electron chi connectivity index (χ3n) is 2.80. The molecule has 1 atom stereocenters. The maximum absolute atomic E-state index is 10.7. The van der Waals surface area contributed by atoms with E-state index in [0.717, 1.165) is 32.3 Å². The van der Waals surface area contributed by atoms with Crippen molar-refractivity contribution in [1.29, 1.82) is 0 Å². The maximum atomic E-state index is 10.7. The number of nitrogens with two attached hydrogens (primary N) is 1. The van der Waals surface area contributed by atoms with Crippen LogP contribution in [0.25, 0.3) is 0 Å². The summed E-state index contributed by atoms with van der Waals surface area (Å²) in [4.78, 5) is 0. The second-order valence-electron chi connectivity index (χ2n) is 4.49. The van der Waals surface area contributed by atoms with Gasteiger partial charge in [-0.25, -0.2) is 13.6 Å². The van der Waals surface area contributed by atoms with Crippen LogP contribution in [-0.4, -0.2) is 40.1 Å². The van der Waals surface area contributed by atoms with Crippen LogP contribution < -0.4 is 5.14 Å². The Morgan fingerprint density at radius 2 is 2.06 bits per heavy atom. The monoisotopic (exact) mass is 265 g/mol. The zero-order valence-corrected chi connectivity index (χ0v) is 11.1. The highest BCUT2D eigenvalue weighted by Gasteiger charge is 2.13. The molecule has 0 aliphatic carbocycles. The van der Waals surface area contributed by atoms with Gasteiger partial charge >= 0.3 is 0 Å². The quantitative estimate of drug-likeness (QED) is 0.665. The van der Waals surface area contributed by atoms with Crippen molar-refractivity contribution in [3.8, 4) is 0 Å². The Morgan fingerprint density at radius 1 is 1.24 bits per heavy atom. The lowest BCUT2D eigenvalue weighted by atomic mass is 10.1. The number of ether oxygens (including phenoxy) is 2. The van der Waals surface area contributed by atoms with Gasteiger partial charge in [-0.3, -0.25) is 0 Å². The van der Waals surface area contributed by atoms with E-state index >= 15 is 0 Å². The summed E-state index contributed by atoms with van der Waals surface area (Å²) in [5.74, 6) is 0.0682. The summed E-state index contributed by atoms with van der Waals surface area (Å²) in [6.07, 6.45) is 6.05. The van der Waals surface area contributed by atoms with Crippen LogP contribution in [0.4, 0.5) is 0 Å². The zero-order valence-electron chi connectivity index (χ0n) is 10.3. The predicted octanol–water partition coefficient (Wildman–Crippen LogP) is 1.03. The summed E-state index contributed by atoms with van der Waals surface area (Å²) in [6.45, 7) is 2.18. The highest BCUT2D eigenvalue weighted by molar-refractivity contribution is 7.89. The summed E-state index contributed by atoms with van der Waals surface area (Å²) in [5, 5.41) is 4.90. The molecule has 0 radical (unpaired) electrons. The zero-order chi connectivity index (χ0) is 12.6. The first-order valence-electron chi connectivity index (χ1n) is 6.28. The van der Waals surface area contributed by atoms with Gasteiger partial charge in [0.15, 0.2) is 0 Å². The molecular formula is C11H23NO4S. The van der Waals surface area contributed by atoms with Crippen LogP contribution in [0.2, 0.25) is 0 Å². The van der Waals surface area contributed by atoms with Crippen molar-refractivity contribution in [3.05, 3.63) is 0 Å². The molecule has 1 unspecified atom stereocenters. The molecule has 1 fully saturated rings. The van der Waals surface area contributed by atoms with E-state index in [-0.39, 0.29) is 11.9 Å². The molecule has 0 saturated carbocycles. The fourth-order valence-electron chi connectivity index (χ4n) is 1.84. The van der Waals surface area contributed by atoms with E-state index in [1.807, 2.05) is 0 Å². The molecular weight excluding hydrogens is 242 g/mol. The van der Waals surface area contributed by atoms with E-state index in [1.54, 1.807) is 0 Å². The molecule has 1 saturated heterocycles. The van der Waals surface area contributed by atoms with Gasteiger partial charge in [0.25, 0.3) is 0 Å². The Bertz CT molecular complexity index is 286. The van der Waals surface area contributed by atoms with E-state index in [1.165, 1.54) is 6.42 Å². The van der Waals surface area contributed by atoms with Gasteiger partial charge in [-0.05, 0) is 32.1 Å². The van der Waals surface area contributed by atoms with Crippen molar-refractivity contribution in [3.63, 3.8) is 0 Å². The Labute approximate surface area is 104 Å². The molecule has 0 aromatic heterocycles. The van der Waals surface area contributed by atoms with Crippen molar-refractivity contribution in [1.82, 2.24) is 0 Å². The number of unbranched alkanes of at least 4 members (excludes halogenated alkanes) is 2. The van der Waals surface area contributed by atoms with E-state index in [0.29, 0.717) is 19.6 Å². The third-order valence-corrected chi connectivity index (χ3v) is 3.65. The minimum absolute atomic E-state index is 0.0682. The summed E-state index contributed by atoms with van der Waals surface area (Å²) in [7, 11) is -3.29. The van der Waals surface area contributed by atoms with Gasteiger partial charge in [0.05, 0.1) is 18.5 Å². The number of rotatable bonds is 8. The molecule has 0 aromatic rings. The normalized spacial score (nSPS) is 21.6. The molecule has 1 rings (SSSR count). The first-order chi connectivity index (χ1) is 8.08. The molecule has 1 aliphatic rings. The van der Waals surface area contributed by atoms with Gasteiger partial charge in [-0.15, -0.1) is 0 Å². The second-order valence-corrected chi connectivity index (χ2v) is 6.23. The first-order valence-corrected chi connectivity index (χ1v) is 7.99. The topological polar surface area (TPSA) is 78.6 Å². The lowest BCUT2D eigenvalue weighted by Crippen LogP contribution is -2.24. The summed E-state index contributed by atoms with van der Waals surface area (Å²) < 4.78 is 32.3. The minimum atomic E-state index is -3.29. The molecule has 102 valence electrons. The van der Waals surface area contributed by atoms with Crippen LogP contribution in [0.15, 0.2) is 0 Å². The Balaban J connectivity index is 1.87. The van der Waals surface area contributed by atoms with Crippen molar-refractivity contribution in [2.45, 2.75) is 44.6 Å². The molecule has 0 aromatic carbocycles. The molecule has 0 bridgehead atoms. The highest BCUT2D eigenvalue weighted by atomic mass is 32.2. The molecule has 2 N–H and O–H groups in total. The molecule has 0 spiro atoms. The number of hydrogen-bond donors (Lipinski definition) is 1. The average Bonchev–Trinajstić information content (AvgIpc) is 2.28. The van der Waals surface area contributed by atoms with Crippen LogP contribution in [0.1, 0.15) is 38.5 Å². The van der Waals surface area contributed by atoms with Gasteiger partial charge in [0, 0.05) is 13.2 Å². The standard InChI is InChI=1S/C11H23NO4S/c12-17(13,14)9-5-1-3-7-15-10-11-6-2-4-8-16-11/h11H,1-10H2,(H2,12,13,14). The second kappa shape index (κ2) is 8.02. The SMILES string of the molecule is NS(=O)(=O)CCCCCOCC1CCCCO1. The van der Waals surface area contributed by atoms with Crippen molar-refractivity contribution < 1.29 is 17.9 Å². The Kier molecular flexibility index (Phi) is 7.03. The lowest BCUT2D eigenvalue weighted by molar-refractivity contribution is -0.0410. The largest absolute Gasteiger partial charge is 0.379 e. The van der Waals surface area contributed by atoms with Crippen LogP contribution >= 0.6 is 0 Å². The van der Waals surface area contributed by atoms with E-state index in [4.69, 9.17) is 14.6 Å². The van der Waals surface area contributed by atoms with Gasteiger partial charge < -0.3 is 9.47 Å². The number of hydrogen-bond acceptors (Lipinski definition) is 4. The van der Waals surface area contributed by atoms with Gasteiger partial charge in [-0.2, -0.15) is 0 Å². The lowest BCUT2D eigenvalue weighted by Gasteiger charge is -2.22. The number of primary sulfonamides is 1. The van der Waals surface area contributed by atoms with Crippen LogP contribution in [0, 0.1) is 0 Å². The average molecular weight is 265 g/mol. The molecule has 5 nitrogen and oxygen atoms in total. The van der Waals surface area contributed by atoms with Gasteiger partial charge in [0.2, 0.25) is 10.0 Å². The van der Waals surface area contributed by atoms with E-state index in [2.05, 4.69) is 0 Å². The number of sulfonamides is 1. The predicted molar refractivity (Wildman–Crippen MR) is 66.2 cm³/mol. The summed E-state index contributed by atoms with van der Waals surface area (Å²) >= 11 is 0. The summed E-state index contributed by atoms with van der Waals surface area (Å²) in [6, 6.07) is 0. The first kappa shape index (κ1) is 14.9. The smallest absolute Gasteiger partial charge is 0.209 e. The van der Waals surface area contributed by atoms with E-state index in [9.17, 15) is 8.42 Å². The summed E-state index contributed by atoms with van der Waals surface area (Å²) in [5.41, 5.74) is 0. The van der Waals surface area contributed by atoms with Crippen molar-refractivity contribution in [2.24, 2.45) is 5.14 Å². The van der Waals surface area contributed by atoms with Gasteiger partial charge in [-0.1, -0.05) is 6.42 Å². The van der Waals surface area contributed by atoms with E-state index < -0.39 is 10.0 Å². The Morgan fingerprint density at radius 3 is 2.71 bits per heavy atom. The minimum Gasteiger partial charge on any atom is -0.379 e. The van der Waals surface area contributed by atoms with Crippen LogP contribution in [0.5, 0.6) is 0 Å². The molecule has 1 heterocycles. The van der Waals surface area contributed by atoms with Crippen LogP contribution in [0.3, 0.4) is 0 Å². The van der Waals surface area contributed by atoms with Gasteiger partial charge in [0.1, 0.15) is 0 Å². The molecule has 17 heavy (non-hydrogen) atoms. The Hall–Kier alpha value is -0.170. The van der Waals surface area contributed by atoms with Crippen LogP contribution in [-0.2, 0) is 19.5 Å². The fraction of sp³-hybridized carbons (Fsp3) is 1.00. The van der Waals surface area contributed by atoms with Crippen molar-refractivity contribution in [2.75, 3.05) is 25.6 Å². The highest BCUT2D eigenvalue weighted by Crippen LogP contribution is 2.12. The third kappa shape index (κ3) is 8.54. The fourth-order valence-corrected chi connectivity index (χ4v) is 2.44.